The molecule has 6 nitrogen and oxygen atoms in total. The third kappa shape index (κ3) is 3.58. The number of aliphatic hydroxyl groups excluding tert-OH is 1. The number of aliphatic hydroxyl groups is 1. The average molecular weight is 226 g/mol. The molecule has 3 N–H and O–H groups in total. The van der Waals surface area contributed by atoms with Gasteiger partial charge < -0.3 is 15.6 Å². The number of nitrogens with two attached hydrogens (primary N) is 1. The van der Waals surface area contributed by atoms with Crippen molar-refractivity contribution in [2.75, 3.05) is 0 Å². The summed E-state index contributed by atoms with van der Waals surface area (Å²) in [7, 11) is 0. The van der Waals surface area contributed by atoms with Gasteiger partial charge in [0.15, 0.2) is 0 Å². The van der Waals surface area contributed by atoms with Gasteiger partial charge in [-0.1, -0.05) is 0 Å². The zero-order chi connectivity index (χ0) is 12.1. The van der Waals surface area contributed by atoms with Gasteiger partial charge in [-0.15, -0.1) is 0 Å². The topological polar surface area (TPSA) is 98.6 Å². The first-order valence-electron chi connectivity index (χ1n) is 4.79. The molecule has 1 aromatic carbocycles. The predicted molar refractivity (Wildman–Crippen MR) is 57.5 cm³/mol. The number of nitro groups is 1. The number of ether oxygens (including phenoxy) is 1. The van der Waals surface area contributed by atoms with Crippen LogP contribution in [0.25, 0.3) is 0 Å². The summed E-state index contributed by atoms with van der Waals surface area (Å²) >= 11 is 0. The molecule has 0 aliphatic rings. The van der Waals surface area contributed by atoms with Crippen LogP contribution in [0.4, 0.5) is 5.69 Å². The Labute approximate surface area is 92.8 Å². The Kier molecular flexibility index (Phi) is 4.36. The minimum Gasteiger partial charge on any atom is -0.389 e. The van der Waals surface area contributed by atoms with Gasteiger partial charge in [-0.25, -0.2) is 0 Å². The van der Waals surface area contributed by atoms with E-state index in [-0.39, 0.29) is 12.3 Å². The van der Waals surface area contributed by atoms with Crippen molar-refractivity contribution in [2.45, 2.75) is 25.9 Å². The Morgan fingerprint density at radius 3 is 2.50 bits per heavy atom. The molecule has 0 radical (unpaired) electrons. The van der Waals surface area contributed by atoms with Crippen molar-refractivity contribution in [3.05, 3.63) is 39.9 Å². The van der Waals surface area contributed by atoms with E-state index in [1.165, 1.54) is 19.1 Å². The number of nitro benzene ring substituents is 1. The predicted octanol–water partition coefficient (Wildman–Crippen LogP) is 0.777. The van der Waals surface area contributed by atoms with Gasteiger partial charge in [-0.2, -0.15) is 0 Å². The van der Waals surface area contributed by atoms with E-state index in [0.717, 1.165) is 5.56 Å². The average Bonchev–Trinajstić information content (AvgIpc) is 2.26. The Bertz CT molecular complexity index is 350. The van der Waals surface area contributed by atoms with Gasteiger partial charge in [-0.05, 0) is 24.6 Å². The molecular weight excluding hydrogens is 212 g/mol. The van der Waals surface area contributed by atoms with E-state index in [4.69, 9.17) is 15.6 Å². The van der Waals surface area contributed by atoms with E-state index in [1.807, 2.05) is 0 Å². The molecule has 0 saturated heterocycles. The van der Waals surface area contributed by atoms with Crippen LogP contribution in [0.1, 0.15) is 12.5 Å². The van der Waals surface area contributed by atoms with Gasteiger partial charge in [0, 0.05) is 12.1 Å². The number of hydrogen-bond acceptors (Lipinski definition) is 5. The van der Waals surface area contributed by atoms with Crippen molar-refractivity contribution in [1.82, 2.24) is 0 Å². The smallest absolute Gasteiger partial charge is 0.269 e. The van der Waals surface area contributed by atoms with Crippen LogP contribution in [0.2, 0.25) is 0 Å². The molecule has 1 rings (SSSR count). The molecule has 6 heteroatoms. The van der Waals surface area contributed by atoms with Crippen molar-refractivity contribution < 1.29 is 14.8 Å². The summed E-state index contributed by atoms with van der Waals surface area (Å²) in [5, 5.41) is 19.5. The molecule has 0 spiro atoms. The zero-order valence-electron chi connectivity index (χ0n) is 8.87. The van der Waals surface area contributed by atoms with Gasteiger partial charge in [0.1, 0.15) is 6.23 Å². The molecule has 2 unspecified atom stereocenters. The molecule has 0 aliphatic heterocycles. The molecule has 0 aliphatic carbocycles. The van der Waals surface area contributed by atoms with Gasteiger partial charge in [-0.3, -0.25) is 10.1 Å². The molecule has 16 heavy (non-hydrogen) atoms. The van der Waals surface area contributed by atoms with E-state index in [0.29, 0.717) is 0 Å². The molecule has 88 valence electrons. The van der Waals surface area contributed by atoms with Crippen LogP contribution in [0.3, 0.4) is 0 Å². The van der Waals surface area contributed by atoms with E-state index in [2.05, 4.69) is 0 Å². The Morgan fingerprint density at radius 2 is 2.06 bits per heavy atom. The molecule has 0 saturated carbocycles. The lowest BCUT2D eigenvalue weighted by Crippen LogP contribution is -2.34. The normalized spacial score (nSPS) is 14.4. The van der Waals surface area contributed by atoms with Gasteiger partial charge in [0.25, 0.3) is 5.69 Å². The van der Waals surface area contributed by atoms with Gasteiger partial charge in [0.05, 0.1) is 17.6 Å². The van der Waals surface area contributed by atoms with Crippen LogP contribution in [0.5, 0.6) is 0 Å². The highest BCUT2D eigenvalue weighted by atomic mass is 16.6. The van der Waals surface area contributed by atoms with Crippen LogP contribution in [-0.4, -0.2) is 22.4 Å². The van der Waals surface area contributed by atoms with Crippen molar-refractivity contribution in [3.8, 4) is 0 Å². The van der Waals surface area contributed by atoms with Crippen LogP contribution in [0.15, 0.2) is 24.3 Å². The first kappa shape index (κ1) is 12.6. The minimum absolute atomic E-state index is 0.0311. The SMILES string of the molecule is CC(O)C(N)OCc1ccc([N+](=O)[O-])cc1. The number of nitrogens with zero attached hydrogens (tertiary/aromatic N) is 1. The maximum Gasteiger partial charge on any atom is 0.269 e. The molecule has 1 aromatic rings. The second-order valence-corrected chi connectivity index (χ2v) is 3.44. The van der Waals surface area contributed by atoms with Crippen molar-refractivity contribution in [1.29, 1.82) is 0 Å². The van der Waals surface area contributed by atoms with E-state index in [1.54, 1.807) is 12.1 Å². The summed E-state index contributed by atoms with van der Waals surface area (Å²) in [4.78, 5) is 9.92. The molecule has 0 heterocycles. The monoisotopic (exact) mass is 226 g/mol. The second kappa shape index (κ2) is 5.55. The lowest BCUT2D eigenvalue weighted by molar-refractivity contribution is -0.384. The summed E-state index contributed by atoms with van der Waals surface area (Å²) in [5.41, 5.74) is 6.26. The molecule has 2 atom stereocenters. The number of rotatable bonds is 5. The lowest BCUT2D eigenvalue weighted by atomic mass is 10.2. The third-order valence-electron chi connectivity index (χ3n) is 2.07. The van der Waals surface area contributed by atoms with Crippen molar-refractivity contribution in [3.63, 3.8) is 0 Å². The summed E-state index contributed by atoms with van der Waals surface area (Å²) < 4.78 is 5.15. The molecular formula is C10H14N2O4. The standard InChI is InChI=1S/C10H14N2O4/c1-7(13)10(11)16-6-8-2-4-9(5-3-8)12(14)15/h2-5,7,10,13H,6,11H2,1H3. The van der Waals surface area contributed by atoms with Crippen molar-refractivity contribution >= 4 is 5.69 Å². The fourth-order valence-corrected chi connectivity index (χ4v) is 1.05. The van der Waals surface area contributed by atoms with Crippen LogP contribution in [-0.2, 0) is 11.3 Å². The van der Waals surface area contributed by atoms with E-state index >= 15 is 0 Å². The zero-order valence-corrected chi connectivity index (χ0v) is 8.87. The molecule has 0 fully saturated rings. The highest BCUT2D eigenvalue weighted by Gasteiger charge is 2.10. The Morgan fingerprint density at radius 1 is 1.50 bits per heavy atom. The highest BCUT2D eigenvalue weighted by molar-refractivity contribution is 5.32. The van der Waals surface area contributed by atoms with E-state index < -0.39 is 17.3 Å². The number of hydrogen-bond donors (Lipinski definition) is 2. The molecule has 0 aromatic heterocycles. The van der Waals surface area contributed by atoms with Gasteiger partial charge in [0.2, 0.25) is 0 Å². The summed E-state index contributed by atoms with van der Waals surface area (Å²) in [6.45, 7) is 1.74. The fraction of sp³-hybridized carbons (Fsp3) is 0.400. The first-order chi connectivity index (χ1) is 7.50. The summed E-state index contributed by atoms with van der Waals surface area (Å²) in [6.07, 6.45) is -1.51. The summed E-state index contributed by atoms with van der Waals surface area (Å²) in [5.74, 6) is 0. The number of non-ortho nitro benzene ring substituents is 1. The maximum absolute atomic E-state index is 10.4. The lowest BCUT2D eigenvalue weighted by Gasteiger charge is -2.15. The van der Waals surface area contributed by atoms with Crippen LogP contribution in [0, 0.1) is 10.1 Å². The highest BCUT2D eigenvalue weighted by Crippen LogP contribution is 2.12. The van der Waals surface area contributed by atoms with E-state index in [9.17, 15) is 10.1 Å². The molecule has 0 amide bonds. The fourth-order valence-electron chi connectivity index (χ4n) is 1.05. The van der Waals surface area contributed by atoms with Crippen LogP contribution >= 0.6 is 0 Å². The van der Waals surface area contributed by atoms with Gasteiger partial charge >= 0.3 is 0 Å². The summed E-state index contributed by atoms with van der Waals surface area (Å²) in [6, 6.07) is 5.97. The quantitative estimate of drug-likeness (QED) is 0.439. The maximum atomic E-state index is 10.4. The van der Waals surface area contributed by atoms with Crippen LogP contribution < -0.4 is 5.73 Å². The first-order valence-corrected chi connectivity index (χ1v) is 4.79. The second-order valence-electron chi connectivity index (χ2n) is 3.44. The van der Waals surface area contributed by atoms with Crippen molar-refractivity contribution in [2.24, 2.45) is 5.73 Å². The number of benzene rings is 1. The Hall–Kier alpha value is -1.50. The minimum atomic E-state index is -0.754. The third-order valence-corrected chi connectivity index (χ3v) is 2.07. The molecule has 0 bridgehead atoms. The largest absolute Gasteiger partial charge is 0.389 e. The Balaban J connectivity index is 2.53.